The molecule has 24 heavy (non-hydrogen) atoms. The Morgan fingerprint density at radius 1 is 1.33 bits per heavy atom. The van der Waals surface area contributed by atoms with Crippen LogP contribution in [0.3, 0.4) is 0 Å². The summed E-state index contributed by atoms with van der Waals surface area (Å²) >= 11 is 0. The quantitative estimate of drug-likeness (QED) is 0.542. The molecule has 0 fully saturated rings. The van der Waals surface area contributed by atoms with Gasteiger partial charge in [-0.2, -0.15) is 5.26 Å². The number of benzene rings is 1. The molecule has 0 spiro atoms. The van der Waals surface area contributed by atoms with Gasteiger partial charge in [-0.25, -0.2) is 4.98 Å². The summed E-state index contributed by atoms with van der Waals surface area (Å²) in [6.07, 6.45) is 1.41. The van der Waals surface area contributed by atoms with Gasteiger partial charge in [0.15, 0.2) is 5.69 Å². The van der Waals surface area contributed by atoms with Gasteiger partial charge in [0.2, 0.25) is 0 Å². The highest BCUT2D eigenvalue weighted by molar-refractivity contribution is 6.44. The van der Waals surface area contributed by atoms with E-state index >= 15 is 0 Å². The van der Waals surface area contributed by atoms with Gasteiger partial charge in [0, 0.05) is 17.3 Å². The van der Waals surface area contributed by atoms with E-state index in [-0.39, 0.29) is 11.4 Å². The van der Waals surface area contributed by atoms with Gasteiger partial charge in [0.25, 0.3) is 5.91 Å². The van der Waals surface area contributed by atoms with Gasteiger partial charge in [-0.3, -0.25) is 9.59 Å². The van der Waals surface area contributed by atoms with Crippen molar-refractivity contribution in [2.24, 2.45) is 0 Å². The lowest BCUT2D eigenvalue weighted by Gasteiger charge is -2.13. The summed E-state index contributed by atoms with van der Waals surface area (Å²) in [5.74, 6) is -2.34. The molecule has 0 aliphatic carbocycles. The smallest absolute Gasteiger partial charge is 0.322 e. The zero-order valence-corrected chi connectivity index (χ0v) is 13.1. The van der Waals surface area contributed by atoms with Crippen molar-refractivity contribution >= 4 is 38.5 Å². The zero-order chi connectivity index (χ0) is 17.9. The van der Waals surface area contributed by atoms with Crippen LogP contribution in [0.15, 0.2) is 24.4 Å². The zero-order valence-electron chi connectivity index (χ0n) is 13.1. The second-order valence-electron chi connectivity index (χ2n) is 5.21. The summed E-state index contributed by atoms with van der Waals surface area (Å²) in [6, 6.07) is 6.99. The van der Waals surface area contributed by atoms with E-state index in [0.717, 1.165) is 16.5 Å². The van der Waals surface area contributed by atoms with E-state index < -0.39 is 18.4 Å². The lowest BCUT2D eigenvalue weighted by Crippen LogP contribution is -2.30. The maximum absolute atomic E-state index is 11.8. The predicted octanol–water partition coefficient (Wildman–Crippen LogP) is -2.34. The lowest BCUT2D eigenvalue weighted by atomic mass is 9.76. The molecule has 0 aliphatic heterocycles. The second kappa shape index (κ2) is 6.87. The molecule has 1 heterocycles. The van der Waals surface area contributed by atoms with E-state index in [4.69, 9.17) is 10.4 Å². The number of carboxylic acids is 1. The van der Waals surface area contributed by atoms with Gasteiger partial charge in [-0.1, -0.05) is 17.0 Å². The summed E-state index contributed by atoms with van der Waals surface area (Å²) in [4.78, 5) is 26.2. The summed E-state index contributed by atoms with van der Waals surface area (Å²) < 4.78 is 0. The van der Waals surface area contributed by atoms with Gasteiger partial charge in [-0.15, -0.1) is 0 Å². The van der Waals surface area contributed by atoms with Crippen LogP contribution in [-0.4, -0.2) is 49.3 Å². The maximum atomic E-state index is 11.8. The Labute approximate surface area is 139 Å². The molecule has 1 amide bonds. The van der Waals surface area contributed by atoms with Crippen LogP contribution < -0.4 is 16.2 Å². The van der Waals surface area contributed by atoms with Crippen LogP contribution in [0, 0.1) is 11.3 Å². The monoisotopic (exact) mass is 321 g/mol. The molecule has 2 aromatic rings. The number of aromatic hydroxyl groups is 1. The molecule has 3 N–H and O–H groups in total. The Balaban J connectivity index is 2.43. The van der Waals surface area contributed by atoms with E-state index in [1.165, 1.54) is 12.3 Å². The van der Waals surface area contributed by atoms with Crippen molar-refractivity contribution in [2.45, 2.75) is 0 Å². The molecular formula is C15H13B2N3O4. The number of amides is 1. The average Bonchev–Trinajstić information content (AvgIpc) is 2.53. The fourth-order valence-electron chi connectivity index (χ4n) is 2.42. The Morgan fingerprint density at radius 3 is 2.62 bits per heavy atom. The summed E-state index contributed by atoms with van der Waals surface area (Å²) in [5, 5.41) is 29.9. The van der Waals surface area contributed by atoms with Crippen LogP contribution in [0.4, 0.5) is 0 Å². The van der Waals surface area contributed by atoms with Crippen molar-refractivity contribution in [3.63, 3.8) is 0 Å². The SMILES string of the molecule is Bc1ccc(C#N)c(B)c1-c1cnc(C(=O)NCC(=O)O)c(O)c1. The van der Waals surface area contributed by atoms with Crippen molar-refractivity contribution in [2.75, 3.05) is 6.54 Å². The normalized spacial score (nSPS) is 9.96. The molecule has 0 bridgehead atoms. The summed E-state index contributed by atoms with van der Waals surface area (Å²) in [7, 11) is 3.67. The molecule has 0 radical (unpaired) electrons. The third kappa shape index (κ3) is 3.38. The number of carbonyl (C=O) groups is 2. The van der Waals surface area contributed by atoms with Gasteiger partial charge < -0.3 is 15.5 Å². The van der Waals surface area contributed by atoms with Crippen molar-refractivity contribution < 1.29 is 19.8 Å². The van der Waals surface area contributed by atoms with Crippen molar-refractivity contribution in [1.29, 1.82) is 5.26 Å². The molecule has 1 aromatic heterocycles. The van der Waals surface area contributed by atoms with Crippen molar-refractivity contribution in [1.82, 2.24) is 10.3 Å². The third-order valence-electron chi connectivity index (χ3n) is 3.57. The number of hydrogen-bond donors (Lipinski definition) is 3. The Bertz CT molecular complexity index is 878. The highest BCUT2D eigenvalue weighted by atomic mass is 16.4. The number of pyridine rings is 1. The number of aliphatic carboxylic acids is 1. The number of nitrogens with one attached hydrogen (secondary N) is 1. The molecule has 118 valence electrons. The number of nitriles is 1. The second-order valence-corrected chi connectivity index (χ2v) is 5.21. The molecule has 0 aliphatic rings. The fraction of sp³-hybridized carbons (Fsp3) is 0.0667. The van der Waals surface area contributed by atoms with Crippen LogP contribution in [-0.2, 0) is 4.79 Å². The lowest BCUT2D eigenvalue weighted by molar-refractivity contribution is -0.135. The minimum absolute atomic E-state index is 0.258. The van der Waals surface area contributed by atoms with Gasteiger partial charge in [0.05, 0.1) is 6.07 Å². The van der Waals surface area contributed by atoms with Crippen LogP contribution >= 0.6 is 0 Å². The first-order chi connectivity index (χ1) is 11.3. The van der Waals surface area contributed by atoms with E-state index in [9.17, 15) is 14.7 Å². The highest BCUT2D eigenvalue weighted by Crippen LogP contribution is 2.23. The minimum Gasteiger partial charge on any atom is -0.505 e. The van der Waals surface area contributed by atoms with Crippen LogP contribution in [0.1, 0.15) is 16.1 Å². The fourth-order valence-corrected chi connectivity index (χ4v) is 2.42. The first kappa shape index (κ1) is 17.1. The van der Waals surface area contributed by atoms with Crippen molar-refractivity contribution in [3.05, 3.63) is 35.7 Å². The number of carboxylic acid groups (broad SMARTS) is 1. The summed E-state index contributed by atoms with van der Waals surface area (Å²) in [5.41, 5.74) is 3.23. The molecule has 9 heteroatoms. The third-order valence-corrected chi connectivity index (χ3v) is 3.57. The standard InChI is InChI=1S/C15H13B2N3O4/c16-9-2-1-7(4-18)13(17)12(9)8-3-10(21)14(19-5-8)15(24)20-6-11(22)23/h1-3,5,21H,6,16-17H2,(H,20,24)(H,22,23). The first-order valence-corrected chi connectivity index (χ1v) is 7.04. The van der Waals surface area contributed by atoms with Gasteiger partial charge >= 0.3 is 5.97 Å². The molecule has 0 saturated carbocycles. The van der Waals surface area contributed by atoms with E-state index in [1.807, 2.05) is 7.85 Å². The molecule has 0 atom stereocenters. The number of nitrogens with zero attached hydrogens (tertiary/aromatic N) is 2. The Kier molecular flexibility index (Phi) is 4.90. The van der Waals surface area contributed by atoms with Crippen LogP contribution in [0.25, 0.3) is 11.1 Å². The number of hydrogen-bond acceptors (Lipinski definition) is 5. The number of carbonyl (C=O) groups excluding carboxylic acids is 1. The topological polar surface area (TPSA) is 123 Å². The largest absolute Gasteiger partial charge is 0.505 e. The molecule has 7 nitrogen and oxygen atoms in total. The molecule has 2 rings (SSSR count). The first-order valence-electron chi connectivity index (χ1n) is 7.04. The average molecular weight is 321 g/mol. The maximum Gasteiger partial charge on any atom is 0.322 e. The number of aromatic nitrogens is 1. The van der Waals surface area contributed by atoms with Gasteiger partial charge in [-0.05, 0) is 17.7 Å². The predicted molar refractivity (Wildman–Crippen MR) is 92.4 cm³/mol. The molecule has 0 saturated heterocycles. The molecular weight excluding hydrogens is 308 g/mol. The number of rotatable bonds is 4. The van der Waals surface area contributed by atoms with E-state index in [2.05, 4.69) is 16.4 Å². The molecule has 0 unspecified atom stereocenters. The van der Waals surface area contributed by atoms with Crippen molar-refractivity contribution in [3.8, 4) is 22.9 Å². The summed E-state index contributed by atoms with van der Waals surface area (Å²) in [6.45, 7) is -0.565. The Hall–Kier alpha value is -3.27. The van der Waals surface area contributed by atoms with Crippen LogP contribution in [0.5, 0.6) is 5.75 Å². The van der Waals surface area contributed by atoms with E-state index in [0.29, 0.717) is 11.1 Å². The van der Waals surface area contributed by atoms with E-state index in [1.54, 1.807) is 20.0 Å². The van der Waals surface area contributed by atoms with Crippen LogP contribution in [0.2, 0.25) is 0 Å². The Morgan fingerprint density at radius 2 is 2.04 bits per heavy atom. The molecule has 1 aromatic carbocycles. The minimum atomic E-state index is -1.20. The highest BCUT2D eigenvalue weighted by Gasteiger charge is 2.16. The van der Waals surface area contributed by atoms with Gasteiger partial charge in [0.1, 0.15) is 28.0 Å².